The summed E-state index contributed by atoms with van der Waals surface area (Å²) in [5.41, 5.74) is 3.60. The van der Waals surface area contributed by atoms with Gasteiger partial charge in [0.1, 0.15) is 5.75 Å². The van der Waals surface area contributed by atoms with Crippen LogP contribution in [0.3, 0.4) is 0 Å². The van der Waals surface area contributed by atoms with Gasteiger partial charge in [0.25, 0.3) is 5.91 Å². The van der Waals surface area contributed by atoms with Crippen LogP contribution in [0.15, 0.2) is 72.1 Å². The number of hydrogen-bond acceptors (Lipinski definition) is 4. The molecule has 1 aromatic heterocycles. The second-order valence-corrected chi connectivity index (χ2v) is 8.65. The average Bonchev–Trinajstić information content (AvgIpc) is 3.47. The van der Waals surface area contributed by atoms with Crippen LogP contribution in [0.1, 0.15) is 46.1 Å². The van der Waals surface area contributed by atoms with Crippen LogP contribution in [0.4, 0.5) is 11.4 Å². The zero-order valence-corrected chi connectivity index (χ0v) is 17.6. The van der Waals surface area contributed by atoms with Gasteiger partial charge in [0.15, 0.2) is 0 Å². The van der Waals surface area contributed by atoms with E-state index in [2.05, 4.69) is 46.4 Å². The maximum Gasteiger partial charge on any atom is 0.257 e. The van der Waals surface area contributed by atoms with Gasteiger partial charge >= 0.3 is 0 Å². The maximum absolute atomic E-state index is 13.2. The molecule has 1 amide bonds. The number of anilines is 2. The molecule has 0 fully saturated rings. The smallest absolute Gasteiger partial charge is 0.257 e. The Bertz CT molecular complexity index is 1070. The number of thiophene rings is 1. The standard InChI is InChI=1S/C25H24N2O2S/c1-2-29-17-13-11-16(12-14-17)26-25(28)21-9-4-7-19-18-6-3-8-20(18)24(27-23(19)21)22-10-5-15-30-22/h3-7,9-15,18,20,24,27H,2,8H2,1H3,(H,26,28). The van der Waals surface area contributed by atoms with E-state index in [4.69, 9.17) is 4.74 Å². The zero-order chi connectivity index (χ0) is 20.5. The molecule has 152 valence electrons. The lowest BCUT2D eigenvalue weighted by molar-refractivity contribution is 0.102. The average molecular weight is 417 g/mol. The minimum Gasteiger partial charge on any atom is -0.494 e. The van der Waals surface area contributed by atoms with Gasteiger partial charge in [-0.1, -0.05) is 30.4 Å². The van der Waals surface area contributed by atoms with Crippen molar-refractivity contribution in [2.45, 2.75) is 25.3 Å². The van der Waals surface area contributed by atoms with Crippen molar-refractivity contribution in [3.63, 3.8) is 0 Å². The highest BCUT2D eigenvalue weighted by Gasteiger charge is 2.39. The van der Waals surface area contributed by atoms with E-state index in [0.29, 0.717) is 24.0 Å². The van der Waals surface area contributed by atoms with Crippen LogP contribution >= 0.6 is 11.3 Å². The molecule has 4 nitrogen and oxygen atoms in total. The van der Waals surface area contributed by atoms with Gasteiger partial charge in [-0.2, -0.15) is 0 Å². The Morgan fingerprint density at radius 2 is 2.03 bits per heavy atom. The van der Waals surface area contributed by atoms with Gasteiger partial charge < -0.3 is 15.4 Å². The number of ether oxygens (including phenoxy) is 1. The van der Waals surface area contributed by atoms with E-state index >= 15 is 0 Å². The first-order valence-corrected chi connectivity index (χ1v) is 11.3. The van der Waals surface area contributed by atoms with Gasteiger partial charge in [-0.15, -0.1) is 11.3 Å². The first-order chi connectivity index (χ1) is 14.7. The van der Waals surface area contributed by atoms with Gasteiger partial charge in [-0.25, -0.2) is 0 Å². The summed E-state index contributed by atoms with van der Waals surface area (Å²) in [6.45, 7) is 2.57. The highest BCUT2D eigenvalue weighted by molar-refractivity contribution is 7.10. The normalized spacial score (nSPS) is 21.4. The number of benzene rings is 2. The Balaban J connectivity index is 1.45. The summed E-state index contributed by atoms with van der Waals surface area (Å²) in [5.74, 6) is 1.52. The topological polar surface area (TPSA) is 50.4 Å². The second kappa shape index (κ2) is 8.00. The van der Waals surface area contributed by atoms with E-state index in [1.807, 2.05) is 43.3 Å². The number of rotatable bonds is 5. The van der Waals surface area contributed by atoms with Crippen LogP contribution in [0.25, 0.3) is 0 Å². The summed E-state index contributed by atoms with van der Waals surface area (Å²) in [6, 6.07) is 18.0. The fraction of sp³-hybridized carbons (Fsp3) is 0.240. The van der Waals surface area contributed by atoms with Crippen molar-refractivity contribution in [3.8, 4) is 5.75 Å². The molecule has 30 heavy (non-hydrogen) atoms. The molecule has 2 aliphatic rings. The van der Waals surface area contributed by atoms with Crippen LogP contribution in [0.2, 0.25) is 0 Å². The fourth-order valence-electron chi connectivity index (χ4n) is 4.56. The van der Waals surface area contributed by atoms with Crippen molar-refractivity contribution < 1.29 is 9.53 Å². The Hall–Kier alpha value is -3.05. The molecule has 1 aliphatic carbocycles. The van der Waals surface area contributed by atoms with Gasteiger partial charge in [0, 0.05) is 16.5 Å². The van der Waals surface area contributed by atoms with Gasteiger partial charge in [-0.3, -0.25) is 4.79 Å². The Kier molecular flexibility index (Phi) is 5.05. The highest BCUT2D eigenvalue weighted by Crippen LogP contribution is 2.51. The molecule has 2 heterocycles. The minimum atomic E-state index is -0.103. The molecule has 0 spiro atoms. The molecule has 0 saturated heterocycles. The molecule has 0 saturated carbocycles. The predicted octanol–water partition coefficient (Wildman–Crippen LogP) is 6.23. The van der Waals surface area contributed by atoms with Crippen molar-refractivity contribution >= 4 is 28.6 Å². The molecule has 5 rings (SSSR count). The number of carbonyl (C=O) groups is 1. The molecule has 3 atom stereocenters. The van der Waals surface area contributed by atoms with Crippen molar-refractivity contribution in [2.24, 2.45) is 5.92 Å². The zero-order valence-electron chi connectivity index (χ0n) is 16.8. The van der Waals surface area contributed by atoms with Gasteiger partial charge in [0.2, 0.25) is 0 Å². The molecular formula is C25H24N2O2S. The summed E-state index contributed by atoms with van der Waals surface area (Å²) in [6.07, 6.45) is 5.64. The molecule has 3 aromatic rings. The van der Waals surface area contributed by atoms with Crippen LogP contribution in [-0.4, -0.2) is 12.5 Å². The summed E-state index contributed by atoms with van der Waals surface area (Å²) in [5, 5.41) is 8.88. The Morgan fingerprint density at radius 1 is 1.17 bits per heavy atom. The molecule has 3 unspecified atom stereocenters. The lowest BCUT2D eigenvalue weighted by atomic mass is 9.78. The number of amides is 1. The monoisotopic (exact) mass is 416 g/mol. The number of para-hydroxylation sites is 1. The van der Waals surface area contributed by atoms with Crippen LogP contribution in [-0.2, 0) is 0 Å². The molecule has 2 aromatic carbocycles. The number of fused-ring (bicyclic) bond motifs is 3. The third-order valence-electron chi connectivity index (χ3n) is 5.91. The Labute approximate surface area is 180 Å². The van der Waals surface area contributed by atoms with Crippen LogP contribution in [0, 0.1) is 5.92 Å². The maximum atomic E-state index is 13.2. The lowest BCUT2D eigenvalue weighted by Gasteiger charge is -2.37. The molecular weight excluding hydrogens is 392 g/mol. The van der Waals surface area contributed by atoms with Crippen LogP contribution < -0.4 is 15.4 Å². The number of allylic oxidation sites excluding steroid dienone is 2. The number of carbonyl (C=O) groups excluding carboxylic acids is 1. The van der Waals surface area contributed by atoms with E-state index in [1.165, 1.54) is 10.4 Å². The van der Waals surface area contributed by atoms with Crippen molar-refractivity contribution in [1.82, 2.24) is 0 Å². The SMILES string of the molecule is CCOc1ccc(NC(=O)c2cccc3c2NC(c2cccs2)C2CC=CC32)cc1. The van der Waals surface area contributed by atoms with Crippen molar-refractivity contribution in [3.05, 3.63) is 88.1 Å². The largest absolute Gasteiger partial charge is 0.494 e. The summed E-state index contributed by atoms with van der Waals surface area (Å²) >= 11 is 1.77. The molecule has 5 heteroatoms. The van der Waals surface area contributed by atoms with Crippen LogP contribution in [0.5, 0.6) is 5.75 Å². The molecule has 2 N–H and O–H groups in total. The van der Waals surface area contributed by atoms with E-state index in [-0.39, 0.29) is 11.9 Å². The highest BCUT2D eigenvalue weighted by atomic mass is 32.1. The lowest BCUT2D eigenvalue weighted by Crippen LogP contribution is -2.30. The fourth-order valence-corrected chi connectivity index (χ4v) is 5.41. The number of hydrogen-bond donors (Lipinski definition) is 2. The van der Waals surface area contributed by atoms with Crippen molar-refractivity contribution in [1.29, 1.82) is 0 Å². The molecule has 1 aliphatic heterocycles. The van der Waals surface area contributed by atoms with E-state index in [0.717, 1.165) is 23.5 Å². The predicted molar refractivity (Wildman–Crippen MR) is 123 cm³/mol. The molecule has 0 radical (unpaired) electrons. The second-order valence-electron chi connectivity index (χ2n) is 7.67. The van der Waals surface area contributed by atoms with Gasteiger partial charge in [0.05, 0.1) is 23.9 Å². The summed E-state index contributed by atoms with van der Waals surface area (Å²) < 4.78 is 5.48. The Morgan fingerprint density at radius 3 is 2.80 bits per heavy atom. The van der Waals surface area contributed by atoms with E-state index < -0.39 is 0 Å². The third kappa shape index (κ3) is 3.39. The summed E-state index contributed by atoms with van der Waals surface area (Å²) in [7, 11) is 0. The number of nitrogens with one attached hydrogen (secondary N) is 2. The first-order valence-electron chi connectivity index (χ1n) is 10.4. The third-order valence-corrected chi connectivity index (χ3v) is 6.87. The molecule has 0 bridgehead atoms. The van der Waals surface area contributed by atoms with E-state index in [9.17, 15) is 4.79 Å². The minimum absolute atomic E-state index is 0.103. The first kappa shape index (κ1) is 18.9. The quantitative estimate of drug-likeness (QED) is 0.485. The van der Waals surface area contributed by atoms with E-state index in [1.54, 1.807) is 11.3 Å². The van der Waals surface area contributed by atoms with Crippen molar-refractivity contribution in [2.75, 3.05) is 17.2 Å². The summed E-state index contributed by atoms with van der Waals surface area (Å²) in [4.78, 5) is 14.5. The van der Waals surface area contributed by atoms with Gasteiger partial charge in [-0.05, 0) is 66.6 Å².